The Bertz CT molecular complexity index is 1390. The number of methoxy groups -OCH3 is 1. The number of fused-ring (bicyclic) bond motifs is 2. The molecule has 0 aliphatic carbocycles. The fourth-order valence-electron chi connectivity index (χ4n) is 4.13. The minimum absolute atomic E-state index is 0.119. The van der Waals surface area contributed by atoms with E-state index >= 15 is 0 Å². The van der Waals surface area contributed by atoms with Crippen LogP contribution in [-0.4, -0.2) is 29.2 Å². The summed E-state index contributed by atoms with van der Waals surface area (Å²) in [5.74, 6) is -0.522. The van der Waals surface area contributed by atoms with E-state index in [2.05, 4.69) is 4.98 Å². The molecule has 0 radical (unpaired) electrons. The number of rotatable bonds is 6. The maximum Gasteiger partial charge on any atom is 0.326 e. The van der Waals surface area contributed by atoms with Gasteiger partial charge in [0, 0.05) is 35.2 Å². The highest BCUT2D eigenvalue weighted by atomic mass is 35.5. The van der Waals surface area contributed by atoms with Crippen LogP contribution in [0, 0.1) is 5.82 Å². The van der Waals surface area contributed by atoms with Crippen molar-refractivity contribution in [3.63, 3.8) is 0 Å². The van der Waals surface area contributed by atoms with Crippen LogP contribution in [0.25, 0.3) is 11.1 Å². The predicted molar refractivity (Wildman–Crippen MR) is 124 cm³/mol. The first-order chi connectivity index (χ1) is 16.4. The van der Waals surface area contributed by atoms with E-state index in [1.807, 2.05) is 24.3 Å². The summed E-state index contributed by atoms with van der Waals surface area (Å²) < 4.78 is 30.9. The fourth-order valence-corrected chi connectivity index (χ4v) is 4.32. The molecule has 5 rings (SSSR count). The van der Waals surface area contributed by atoms with Crippen LogP contribution in [0.4, 0.5) is 10.4 Å². The molecule has 0 bridgehead atoms. The molecule has 0 amide bonds. The van der Waals surface area contributed by atoms with Crippen molar-refractivity contribution >= 4 is 34.7 Å². The van der Waals surface area contributed by atoms with Crippen LogP contribution in [0.5, 0.6) is 11.5 Å². The standard InChI is InChI=1S/C25H20ClFN2O5/c1-32-21-9-6-14-12-29(25-28-19-8-7-16(27)10-22(19)34-25)20(24(30)31)11-17(14)23(21)33-13-15-4-2-3-5-18(15)26/h2-10,20H,11-13H2,1H3,(H,30,31)/t20-/m0/s1. The number of aliphatic carboxylic acids is 1. The van der Waals surface area contributed by atoms with E-state index in [9.17, 15) is 14.3 Å². The van der Waals surface area contributed by atoms with Gasteiger partial charge in [-0.3, -0.25) is 0 Å². The Labute approximate surface area is 199 Å². The zero-order valence-corrected chi connectivity index (χ0v) is 18.9. The Morgan fingerprint density at radius 2 is 2.09 bits per heavy atom. The molecule has 0 fully saturated rings. The number of benzene rings is 3. The average Bonchev–Trinajstić information content (AvgIpc) is 3.25. The van der Waals surface area contributed by atoms with E-state index in [1.54, 1.807) is 17.0 Å². The largest absolute Gasteiger partial charge is 0.493 e. The third-order valence-corrected chi connectivity index (χ3v) is 6.22. The summed E-state index contributed by atoms with van der Waals surface area (Å²) in [5, 5.41) is 10.6. The van der Waals surface area contributed by atoms with Gasteiger partial charge in [-0.1, -0.05) is 35.9 Å². The van der Waals surface area contributed by atoms with E-state index < -0.39 is 17.8 Å². The quantitative estimate of drug-likeness (QED) is 0.403. The number of nitrogens with zero attached hydrogens (tertiary/aromatic N) is 2. The molecular formula is C25H20ClFN2O5. The molecule has 1 N–H and O–H groups in total. The molecule has 2 heterocycles. The summed E-state index contributed by atoms with van der Waals surface area (Å²) in [4.78, 5) is 18.2. The zero-order chi connectivity index (χ0) is 23.8. The van der Waals surface area contributed by atoms with E-state index in [1.165, 1.54) is 25.3 Å². The van der Waals surface area contributed by atoms with Crippen molar-refractivity contribution in [3.05, 3.63) is 82.1 Å². The molecule has 34 heavy (non-hydrogen) atoms. The summed E-state index contributed by atoms with van der Waals surface area (Å²) in [6, 6.07) is 14.1. The topological polar surface area (TPSA) is 85.0 Å². The first kappa shape index (κ1) is 22.0. The van der Waals surface area contributed by atoms with Gasteiger partial charge in [0.15, 0.2) is 17.1 Å². The Morgan fingerprint density at radius 1 is 1.26 bits per heavy atom. The molecular weight excluding hydrogens is 463 g/mol. The molecule has 1 aliphatic heterocycles. The van der Waals surface area contributed by atoms with Crippen LogP contribution in [0.2, 0.25) is 5.02 Å². The minimum atomic E-state index is -1.04. The van der Waals surface area contributed by atoms with Gasteiger partial charge in [-0.15, -0.1) is 0 Å². The summed E-state index contributed by atoms with van der Waals surface area (Å²) in [6.45, 7) is 0.415. The van der Waals surface area contributed by atoms with E-state index in [0.717, 1.165) is 16.7 Å². The third-order valence-electron chi connectivity index (χ3n) is 5.86. The molecule has 0 saturated carbocycles. The van der Waals surface area contributed by atoms with Crippen LogP contribution in [-0.2, 0) is 24.4 Å². The molecule has 1 aliphatic rings. The molecule has 4 aromatic rings. The molecule has 1 atom stereocenters. The molecule has 0 unspecified atom stereocenters. The Balaban J connectivity index is 1.52. The lowest BCUT2D eigenvalue weighted by Gasteiger charge is -2.34. The second-order valence-electron chi connectivity index (χ2n) is 7.91. The monoisotopic (exact) mass is 482 g/mol. The van der Waals surface area contributed by atoms with Gasteiger partial charge in [0.05, 0.1) is 7.11 Å². The first-order valence-electron chi connectivity index (χ1n) is 10.5. The highest BCUT2D eigenvalue weighted by Gasteiger charge is 2.36. The van der Waals surface area contributed by atoms with Gasteiger partial charge in [-0.05, 0) is 29.8 Å². The number of ether oxygens (including phenoxy) is 2. The lowest BCUT2D eigenvalue weighted by Crippen LogP contribution is -2.46. The van der Waals surface area contributed by atoms with Gasteiger partial charge in [0.2, 0.25) is 0 Å². The van der Waals surface area contributed by atoms with Crippen molar-refractivity contribution in [1.29, 1.82) is 0 Å². The third kappa shape index (κ3) is 4.01. The number of hydrogen-bond donors (Lipinski definition) is 1. The number of carbonyl (C=O) groups is 1. The van der Waals surface area contributed by atoms with Crippen LogP contribution in [0.3, 0.4) is 0 Å². The summed E-state index contributed by atoms with van der Waals surface area (Å²) in [5.41, 5.74) is 3.08. The van der Waals surface area contributed by atoms with Gasteiger partial charge >= 0.3 is 5.97 Å². The Morgan fingerprint density at radius 3 is 2.85 bits per heavy atom. The molecule has 0 spiro atoms. The summed E-state index contributed by atoms with van der Waals surface area (Å²) >= 11 is 6.27. The zero-order valence-electron chi connectivity index (χ0n) is 18.1. The van der Waals surface area contributed by atoms with Gasteiger partial charge in [-0.2, -0.15) is 4.98 Å². The number of oxazole rings is 1. The molecule has 1 aromatic heterocycles. The first-order valence-corrected chi connectivity index (χ1v) is 10.9. The maximum absolute atomic E-state index is 13.6. The molecule has 7 nitrogen and oxygen atoms in total. The number of hydrogen-bond acceptors (Lipinski definition) is 6. The van der Waals surface area contributed by atoms with Gasteiger partial charge in [0.1, 0.15) is 24.0 Å². The van der Waals surface area contributed by atoms with Crippen molar-refractivity contribution in [2.45, 2.75) is 25.6 Å². The summed E-state index contributed by atoms with van der Waals surface area (Å²) in [7, 11) is 1.53. The SMILES string of the molecule is COc1ccc2c(c1OCc1ccccc1Cl)C[C@@H](C(=O)O)N(c1nc3ccc(F)cc3o1)C2. The van der Waals surface area contributed by atoms with Crippen LogP contribution in [0.15, 0.2) is 59.0 Å². The predicted octanol–water partition coefficient (Wildman–Crippen LogP) is 5.22. The lowest BCUT2D eigenvalue weighted by molar-refractivity contribution is -0.138. The summed E-state index contributed by atoms with van der Waals surface area (Å²) in [6.07, 6.45) is 0.132. The molecule has 0 saturated heterocycles. The van der Waals surface area contributed by atoms with Gasteiger partial charge in [-0.25, -0.2) is 9.18 Å². The number of carboxylic acids is 1. The maximum atomic E-state index is 13.6. The Hall–Kier alpha value is -3.78. The van der Waals surface area contributed by atoms with Crippen LogP contribution >= 0.6 is 11.6 Å². The number of halogens is 2. The van der Waals surface area contributed by atoms with Crippen molar-refractivity contribution in [1.82, 2.24) is 4.98 Å². The van der Waals surface area contributed by atoms with Gasteiger partial charge < -0.3 is 23.9 Å². The highest BCUT2D eigenvalue weighted by molar-refractivity contribution is 6.31. The van der Waals surface area contributed by atoms with E-state index in [-0.39, 0.29) is 31.2 Å². The van der Waals surface area contributed by atoms with Crippen molar-refractivity contribution < 1.29 is 28.2 Å². The Kier molecular flexibility index (Phi) is 5.75. The van der Waals surface area contributed by atoms with E-state index in [0.29, 0.717) is 22.0 Å². The fraction of sp³-hybridized carbons (Fsp3) is 0.200. The number of carboxylic acid groups (broad SMARTS) is 1. The second kappa shape index (κ2) is 8.87. The smallest absolute Gasteiger partial charge is 0.326 e. The highest BCUT2D eigenvalue weighted by Crippen LogP contribution is 2.40. The van der Waals surface area contributed by atoms with Crippen LogP contribution < -0.4 is 14.4 Å². The molecule has 3 aromatic carbocycles. The van der Waals surface area contributed by atoms with Crippen molar-refractivity contribution in [2.75, 3.05) is 12.0 Å². The van der Waals surface area contributed by atoms with Crippen molar-refractivity contribution in [3.8, 4) is 11.5 Å². The average molecular weight is 483 g/mol. The van der Waals surface area contributed by atoms with Gasteiger partial charge in [0.25, 0.3) is 6.01 Å². The second-order valence-corrected chi connectivity index (χ2v) is 8.32. The minimum Gasteiger partial charge on any atom is -0.493 e. The normalized spacial score (nSPS) is 15.3. The van der Waals surface area contributed by atoms with Crippen molar-refractivity contribution in [2.24, 2.45) is 0 Å². The number of anilines is 1. The number of aromatic nitrogens is 1. The molecule has 9 heteroatoms. The van der Waals surface area contributed by atoms with Crippen LogP contribution in [0.1, 0.15) is 16.7 Å². The lowest BCUT2D eigenvalue weighted by atomic mass is 9.93. The van der Waals surface area contributed by atoms with E-state index in [4.69, 9.17) is 25.5 Å². The molecule has 174 valence electrons.